The second-order valence-electron chi connectivity index (χ2n) is 4.48. The van der Waals surface area contributed by atoms with E-state index in [1.165, 1.54) is 30.1 Å². The molecule has 0 bridgehead atoms. The van der Waals surface area contributed by atoms with Crippen molar-refractivity contribution < 1.29 is 18.7 Å². The van der Waals surface area contributed by atoms with Gasteiger partial charge in [0.05, 0.1) is 12.1 Å². The Morgan fingerprint density at radius 1 is 1.43 bits per heavy atom. The molecule has 1 aromatic rings. The third-order valence-corrected chi connectivity index (χ3v) is 3.23. The third kappa shape index (κ3) is 5.81. The van der Waals surface area contributed by atoms with E-state index < -0.39 is 11.7 Å². The highest BCUT2D eigenvalue weighted by Crippen LogP contribution is 2.16. The molecule has 5 nitrogen and oxygen atoms in total. The van der Waals surface area contributed by atoms with Crippen LogP contribution in [0.15, 0.2) is 22.7 Å². The molecule has 21 heavy (non-hydrogen) atoms. The lowest BCUT2D eigenvalue weighted by Crippen LogP contribution is -2.39. The number of hydrogen-bond acceptors (Lipinski definition) is 3. The molecule has 0 radical (unpaired) electrons. The van der Waals surface area contributed by atoms with Gasteiger partial charge in [-0.25, -0.2) is 4.39 Å². The zero-order valence-electron chi connectivity index (χ0n) is 12.0. The Balaban J connectivity index is 2.54. The Kier molecular flexibility index (Phi) is 7.31. The lowest BCUT2D eigenvalue weighted by Gasteiger charge is -2.17. The van der Waals surface area contributed by atoms with Gasteiger partial charge in [0.25, 0.3) is 5.91 Å². The highest BCUT2D eigenvalue weighted by molar-refractivity contribution is 9.10. The van der Waals surface area contributed by atoms with Crippen LogP contribution in [0.1, 0.15) is 16.8 Å². The molecule has 0 spiro atoms. The monoisotopic (exact) mass is 360 g/mol. The summed E-state index contributed by atoms with van der Waals surface area (Å²) in [6.07, 6.45) is 0.695. The summed E-state index contributed by atoms with van der Waals surface area (Å²) in [6, 6.07) is 4.11. The van der Waals surface area contributed by atoms with Crippen LogP contribution < -0.4 is 5.32 Å². The minimum Gasteiger partial charge on any atom is -0.385 e. The number of nitrogens with zero attached hydrogens (tertiary/aromatic N) is 1. The molecule has 1 N–H and O–H groups in total. The fourth-order valence-electron chi connectivity index (χ4n) is 1.65. The Bertz CT molecular complexity index is 511. The Labute approximate surface area is 131 Å². The minimum atomic E-state index is -0.615. The number of carbonyl (C=O) groups excluding carboxylic acids is 2. The van der Waals surface area contributed by atoms with Gasteiger partial charge in [-0.3, -0.25) is 9.59 Å². The van der Waals surface area contributed by atoms with Crippen LogP contribution in [0.2, 0.25) is 0 Å². The first kappa shape index (κ1) is 17.6. The van der Waals surface area contributed by atoms with Gasteiger partial charge in [-0.2, -0.15) is 0 Å². The molecular weight excluding hydrogens is 343 g/mol. The highest BCUT2D eigenvalue weighted by atomic mass is 79.9. The molecule has 0 unspecified atom stereocenters. The zero-order chi connectivity index (χ0) is 15.8. The minimum absolute atomic E-state index is 0.0703. The number of halogens is 2. The number of likely N-dealkylation sites (N-methyl/N-ethyl adjacent to an activating group) is 1. The molecule has 1 rings (SSSR count). The zero-order valence-corrected chi connectivity index (χ0v) is 13.6. The predicted molar refractivity (Wildman–Crippen MR) is 80.6 cm³/mol. The number of amides is 2. The normalized spacial score (nSPS) is 10.3. The van der Waals surface area contributed by atoms with Crippen LogP contribution in [-0.2, 0) is 9.53 Å². The number of rotatable bonds is 7. The molecule has 0 aliphatic carbocycles. The lowest BCUT2D eigenvalue weighted by atomic mass is 10.2. The van der Waals surface area contributed by atoms with Crippen LogP contribution in [0.3, 0.4) is 0 Å². The van der Waals surface area contributed by atoms with E-state index in [1.807, 2.05) is 0 Å². The van der Waals surface area contributed by atoms with Crippen molar-refractivity contribution in [3.8, 4) is 0 Å². The quantitative estimate of drug-likeness (QED) is 0.754. The smallest absolute Gasteiger partial charge is 0.257 e. The van der Waals surface area contributed by atoms with E-state index >= 15 is 0 Å². The summed E-state index contributed by atoms with van der Waals surface area (Å²) in [4.78, 5) is 24.9. The Morgan fingerprint density at radius 2 is 2.14 bits per heavy atom. The van der Waals surface area contributed by atoms with Crippen molar-refractivity contribution >= 4 is 27.7 Å². The molecule has 0 heterocycles. The average Bonchev–Trinajstić information content (AvgIpc) is 2.45. The van der Waals surface area contributed by atoms with Gasteiger partial charge < -0.3 is 15.0 Å². The summed E-state index contributed by atoms with van der Waals surface area (Å²) in [6.45, 7) is 0.899. The predicted octanol–water partition coefficient (Wildman–Crippen LogP) is 1.81. The second kappa shape index (κ2) is 8.74. The number of nitrogens with one attached hydrogen (secondary N) is 1. The van der Waals surface area contributed by atoms with Crippen molar-refractivity contribution in [1.82, 2.24) is 10.2 Å². The summed E-state index contributed by atoms with van der Waals surface area (Å²) >= 11 is 3.18. The third-order valence-electron chi connectivity index (χ3n) is 2.73. The van der Waals surface area contributed by atoms with E-state index in [2.05, 4.69) is 21.2 Å². The molecule has 2 amide bonds. The maximum absolute atomic E-state index is 13.6. The van der Waals surface area contributed by atoms with Crippen LogP contribution in [0, 0.1) is 5.82 Å². The largest absolute Gasteiger partial charge is 0.385 e. The topological polar surface area (TPSA) is 58.6 Å². The summed E-state index contributed by atoms with van der Waals surface area (Å²) in [5.74, 6) is -1.45. The molecule has 0 fully saturated rings. The number of hydrogen-bond donors (Lipinski definition) is 1. The molecule has 0 aliphatic heterocycles. The molecule has 0 saturated heterocycles. The van der Waals surface area contributed by atoms with Crippen molar-refractivity contribution in [3.63, 3.8) is 0 Å². The first-order valence-electron chi connectivity index (χ1n) is 6.42. The van der Waals surface area contributed by atoms with Gasteiger partial charge in [-0.1, -0.05) is 15.9 Å². The number of ether oxygens (including phenoxy) is 1. The van der Waals surface area contributed by atoms with E-state index in [0.717, 1.165) is 0 Å². The van der Waals surface area contributed by atoms with Crippen LogP contribution in [0.5, 0.6) is 0 Å². The molecule has 0 aromatic heterocycles. The number of methoxy groups -OCH3 is 1. The van der Waals surface area contributed by atoms with E-state index in [-0.39, 0.29) is 18.0 Å². The van der Waals surface area contributed by atoms with Gasteiger partial charge in [0, 0.05) is 31.8 Å². The first-order valence-corrected chi connectivity index (χ1v) is 7.21. The lowest BCUT2D eigenvalue weighted by molar-refractivity contribution is -0.121. The summed E-state index contributed by atoms with van der Waals surface area (Å²) in [5.41, 5.74) is -0.0703. The SMILES string of the molecule is COCCCNC(=O)CN(C)C(=O)c1cc(Br)ccc1F. The highest BCUT2D eigenvalue weighted by Gasteiger charge is 2.18. The standard InChI is InChI=1S/C14H18BrFN2O3/c1-18(9-13(19)17-6-3-7-21-2)14(20)11-8-10(15)4-5-12(11)16/h4-5,8H,3,6-7,9H2,1-2H3,(H,17,19). The van der Waals surface area contributed by atoms with Crippen LogP contribution >= 0.6 is 15.9 Å². The molecule has 7 heteroatoms. The molecule has 0 atom stereocenters. The van der Waals surface area contributed by atoms with Gasteiger partial charge in [0.15, 0.2) is 0 Å². The van der Waals surface area contributed by atoms with E-state index in [9.17, 15) is 14.0 Å². The van der Waals surface area contributed by atoms with Crippen LogP contribution in [-0.4, -0.2) is 50.6 Å². The van der Waals surface area contributed by atoms with Gasteiger partial charge >= 0.3 is 0 Å². The molecule has 1 aromatic carbocycles. The maximum atomic E-state index is 13.6. The van der Waals surface area contributed by atoms with Crippen molar-refractivity contribution in [2.24, 2.45) is 0 Å². The van der Waals surface area contributed by atoms with E-state index in [4.69, 9.17) is 4.74 Å². The summed E-state index contributed by atoms with van der Waals surface area (Å²) in [5, 5.41) is 2.66. The first-order chi connectivity index (χ1) is 9.95. The van der Waals surface area contributed by atoms with Crippen LogP contribution in [0.25, 0.3) is 0 Å². The summed E-state index contributed by atoms with van der Waals surface area (Å²) < 4.78 is 19.1. The molecule has 0 saturated carbocycles. The van der Waals surface area contributed by atoms with Crippen LogP contribution in [0.4, 0.5) is 4.39 Å². The van der Waals surface area contributed by atoms with E-state index in [0.29, 0.717) is 24.0 Å². The maximum Gasteiger partial charge on any atom is 0.257 e. The van der Waals surface area contributed by atoms with Crippen molar-refractivity contribution in [1.29, 1.82) is 0 Å². The Hall–Kier alpha value is -1.47. The average molecular weight is 361 g/mol. The molecular formula is C14H18BrFN2O3. The molecule has 0 aliphatic rings. The van der Waals surface area contributed by atoms with Crippen molar-refractivity contribution in [2.75, 3.05) is 33.9 Å². The van der Waals surface area contributed by atoms with Gasteiger partial charge in [-0.05, 0) is 24.6 Å². The summed E-state index contributed by atoms with van der Waals surface area (Å²) in [7, 11) is 3.04. The number of carbonyl (C=O) groups is 2. The fourth-order valence-corrected chi connectivity index (χ4v) is 2.02. The van der Waals surface area contributed by atoms with Gasteiger partial charge in [-0.15, -0.1) is 0 Å². The molecule has 116 valence electrons. The Morgan fingerprint density at radius 3 is 2.81 bits per heavy atom. The van der Waals surface area contributed by atoms with Crippen molar-refractivity contribution in [3.05, 3.63) is 34.1 Å². The van der Waals surface area contributed by atoms with E-state index in [1.54, 1.807) is 7.11 Å². The fraction of sp³-hybridized carbons (Fsp3) is 0.429. The second-order valence-corrected chi connectivity index (χ2v) is 5.40. The van der Waals surface area contributed by atoms with Gasteiger partial charge in [0.2, 0.25) is 5.91 Å². The number of benzene rings is 1. The van der Waals surface area contributed by atoms with Crippen molar-refractivity contribution in [2.45, 2.75) is 6.42 Å². The van der Waals surface area contributed by atoms with Gasteiger partial charge in [0.1, 0.15) is 5.82 Å².